The first-order valence-electron chi connectivity index (χ1n) is 11.2. The van der Waals surface area contributed by atoms with Gasteiger partial charge in [0.15, 0.2) is 0 Å². The molecule has 1 aliphatic rings. The SMILES string of the molecule is CC(C)(C)C1=CC(=O)C(=Nc2cc(C(C)(C)C)cc(C(C)(C)C)c2[O-])C(C(C)(C)C)=C1. The van der Waals surface area contributed by atoms with Crippen LogP contribution in [0, 0.1) is 10.8 Å². The lowest BCUT2D eigenvalue weighted by molar-refractivity contribution is -0.269. The first kappa shape index (κ1) is 25.1. The molecule has 31 heavy (non-hydrogen) atoms. The van der Waals surface area contributed by atoms with Gasteiger partial charge in [0, 0.05) is 0 Å². The molecule has 0 radical (unpaired) electrons. The number of allylic oxidation sites excluding steroid dienone is 4. The lowest BCUT2D eigenvalue weighted by Crippen LogP contribution is -2.29. The standard InChI is InChI=1S/C28H41NO2/c1-25(2,3)17-14-20(28(10,11)12)24(31)21(15-17)29-23-19(27(7,8)9)13-18(16-22(23)30)26(4,5)6/h13-16,31H,1-12H3/p-1. The predicted molar refractivity (Wildman–Crippen MR) is 130 cm³/mol. The summed E-state index contributed by atoms with van der Waals surface area (Å²) in [5.74, 6) is -0.227. The minimum atomic E-state index is -0.314. The van der Waals surface area contributed by atoms with E-state index < -0.39 is 0 Å². The fraction of sp³-hybridized carbons (Fsp3) is 0.571. The third-order valence-corrected chi connectivity index (χ3v) is 5.72. The Morgan fingerprint density at radius 3 is 1.68 bits per heavy atom. The Balaban J connectivity index is 2.82. The average molecular weight is 423 g/mol. The Labute approximate surface area is 189 Å². The van der Waals surface area contributed by atoms with Gasteiger partial charge in [-0.1, -0.05) is 101 Å². The number of carbonyl (C=O) groups excluding carboxylic acids is 1. The Hall–Kier alpha value is -2.16. The number of ketones is 1. The van der Waals surface area contributed by atoms with Crippen molar-refractivity contribution < 1.29 is 9.90 Å². The van der Waals surface area contributed by atoms with E-state index >= 15 is 0 Å². The van der Waals surface area contributed by atoms with Gasteiger partial charge in [0.2, 0.25) is 5.78 Å². The van der Waals surface area contributed by atoms with Gasteiger partial charge in [-0.3, -0.25) is 4.79 Å². The van der Waals surface area contributed by atoms with Crippen molar-refractivity contribution in [3.63, 3.8) is 0 Å². The summed E-state index contributed by atoms with van der Waals surface area (Å²) < 4.78 is 0. The maximum atomic E-state index is 13.4. The van der Waals surface area contributed by atoms with Gasteiger partial charge in [0.1, 0.15) is 5.71 Å². The molecule has 3 heteroatoms. The number of nitrogens with zero attached hydrogens (tertiary/aromatic N) is 1. The summed E-state index contributed by atoms with van der Waals surface area (Å²) in [6, 6.07) is 3.87. The second kappa shape index (κ2) is 7.76. The fourth-order valence-corrected chi connectivity index (χ4v) is 3.54. The summed E-state index contributed by atoms with van der Waals surface area (Å²) in [5, 5.41) is 13.4. The van der Waals surface area contributed by atoms with Crippen LogP contribution in [0.1, 0.15) is 94.2 Å². The molecule has 0 aliphatic heterocycles. The molecule has 1 aromatic carbocycles. The van der Waals surface area contributed by atoms with E-state index in [2.05, 4.69) is 68.4 Å². The van der Waals surface area contributed by atoms with E-state index in [9.17, 15) is 9.90 Å². The minimum Gasteiger partial charge on any atom is -0.871 e. The summed E-state index contributed by atoms with van der Waals surface area (Å²) >= 11 is 0. The van der Waals surface area contributed by atoms with Crippen molar-refractivity contribution in [2.45, 2.75) is 93.9 Å². The highest BCUT2D eigenvalue weighted by atomic mass is 16.3. The molecule has 1 aromatic rings. The van der Waals surface area contributed by atoms with Gasteiger partial charge in [0.25, 0.3) is 0 Å². The maximum absolute atomic E-state index is 13.4. The zero-order valence-electron chi connectivity index (χ0n) is 21.6. The summed E-state index contributed by atoms with van der Waals surface area (Å²) in [6.07, 6.45) is 3.76. The highest BCUT2D eigenvalue weighted by Gasteiger charge is 2.32. The number of aliphatic imine (C=N–C) groups is 1. The van der Waals surface area contributed by atoms with Gasteiger partial charge in [0.05, 0.1) is 5.69 Å². The van der Waals surface area contributed by atoms with E-state index in [1.807, 2.05) is 32.9 Å². The second-order valence-electron chi connectivity index (χ2n) is 12.9. The highest BCUT2D eigenvalue weighted by molar-refractivity contribution is 6.51. The molecule has 0 heterocycles. The van der Waals surface area contributed by atoms with Crippen molar-refractivity contribution in [3.8, 4) is 5.75 Å². The summed E-state index contributed by atoms with van der Waals surface area (Å²) in [7, 11) is 0. The normalized spacial score (nSPS) is 17.7. The average Bonchev–Trinajstić information content (AvgIpc) is 2.53. The third-order valence-electron chi connectivity index (χ3n) is 5.72. The van der Waals surface area contributed by atoms with Gasteiger partial charge in [-0.2, -0.15) is 0 Å². The number of hydrogen-bond acceptors (Lipinski definition) is 3. The maximum Gasteiger partial charge on any atom is 0.204 e. The van der Waals surface area contributed by atoms with Crippen molar-refractivity contribution in [2.75, 3.05) is 0 Å². The Bertz CT molecular complexity index is 976. The molecule has 0 spiro atoms. The Morgan fingerprint density at radius 2 is 1.26 bits per heavy atom. The zero-order chi connectivity index (χ0) is 24.2. The van der Waals surface area contributed by atoms with Gasteiger partial charge in [-0.25, -0.2) is 4.99 Å². The van der Waals surface area contributed by atoms with Gasteiger partial charge >= 0.3 is 0 Å². The quantitative estimate of drug-likeness (QED) is 0.460. The summed E-state index contributed by atoms with van der Waals surface area (Å²) in [6.45, 7) is 25.0. The van der Waals surface area contributed by atoms with Crippen LogP contribution in [0.2, 0.25) is 0 Å². The minimum absolute atomic E-state index is 0.0975. The smallest absolute Gasteiger partial charge is 0.204 e. The van der Waals surface area contributed by atoms with Crippen molar-refractivity contribution in [3.05, 3.63) is 46.6 Å². The molecule has 3 nitrogen and oxygen atoms in total. The van der Waals surface area contributed by atoms with Gasteiger partial charge in [-0.05, 0) is 56.1 Å². The monoisotopic (exact) mass is 422 g/mol. The molecule has 0 N–H and O–H groups in total. The lowest BCUT2D eigenvalue weighted by atomic mass is 9.74. The number of benzene rings is 1. The number of hydrogen-bond donors (Lipinski definition) is 0. The van der Waals surface area contributed by atoms with Crippen LogP contribution in [0.3, 0.4) is 0 Å². The number of carbonyl (C=O) groups is 1. The first-order chi connectivity index (χ1) is 13.7. The second-order valence-corrected chi connectivity index (χ2v) is 12.9. The van der Waals surface area contributed by atoms with E-state index in [0.717, 1.165) is 22.3 Å². The first-order valence-corrected chi connectivity index (χ1v) is 11.2. The van der Waals surface area contributed by atoms with Crippen LogP contribution in [0.5, 0.6) is 5.75 Å². The predicted octanol–water partition coefficient (Wildman–Crippen LogP) is 6.96. The molecular weight excluding hydrogens is 382 g/mol. The largest absolute Gasteiger partial charge is 0.871 e. The van der Waals surface area contributed by atoms with E-state index in [1.54, 1.807) is 6.08 Å². The molecule has 170 valence electrons. The highest BCUT2D eigenvalue weighted by Crippen LogP contribution is 2.42. The molecular formula is C28H40NO2-. The zero-order valence-corrected chi connectivity index (χ0v) is 21.6. The third kappa shape index (κ3) is 5.56. The topological polar surface area (TPSA) is 52.5 Å². The molecule has 1 aliphatic carbocycles. The van der Waals surface area contributed by atoms with Gasteiger partial charge in [-0.15, -0.1) is 0 Å². The summed E-state index contributed by atoms with van der Waals surface area (Å²) in [5.41, 5.74) is 3.50. The lowest BCUT2D eigenvalue weighted by Gasteiger charge is -2.33. The van der Waals surface area contributed by atoms with Crippen LogP contribution in [-0.4, -0.2) is 11.5 Å². The Kier molecular flexibility index (Phi) is 6.28. The van der Waals surface area contributed by atoms with Crippen LogP contribution in [0.15, 0.2) is 40.4 Å². The molecule has 0 bridgehead atoms. The van der Waals surface area contributed by atoms with Crippen LogP contribution >= 0.6 is 0 Å². The molecule has 0 saturated carbocycles. The van der Waals surface area contributed by atoms with Crippen molar-refractivity contribution in [1.82, 2.24) is 0 Å². The van der Waals surface area contributed by atoms with Crippen molar-refractivity contribution in [1.29, 1.82) is 0 Å². The fourth-order valence-electron chi connectivity index (χ4n) is 3.54. The Morgan fingerprint density at radius 1 is 0.710 bits per heavy atom. The van der Waals surface area contributed by atoms with Crippen molar-refractivity contribution >= 4 is 17.2 Å². The van der Waals surface area contributed by atoms with Crippen molar-refractivity contribution in [2.24, 2.45) is 15.8 Å². The van der Waals surface area contributed by atoms with E-state index in [1.165, 1.54) is 0 Å². The van der Waals surface area contributed by atoms with Crippen LogP contribution in [0.25, 0.3) is 0 Å². The molecule has 0 fully saturated rings. The molecule has 0 unspecified atom stereocenters. The van der Waals surface area contributed by atoms with E-state index in [-0.39, 0.29) is 33.2 Å². The van der Waals surface area contributed by atoms with Crippen LogP contribution in [0.4, 0.5) is 5.69 Å². The van der Waals surface area contributed by atoms with Crippen LogP contribution in [-0.2, 0) is 15.6 Å². The molecule has 0 saturated heterocycles. The molecule has 0 amide bonds. The molecule has 2 rings (SSSR count). The van der Waals surface area contributed by atoms with E-state index in [4.69, 9.17) is 4.99 Å². The molecule has 0 atom stereocenters. The number of rotatable bonds is 1. The summed E-state index contributed by atoms with van der Waals surface area (Å²) in [4.78, 5) is 18.0. The van der Waals surface area contributed by atoms with Crippen LogP contribution < -0.4 is 5.11 Å². The van der Waals surface area contributed by atoms with Gasteiger partial charge < -0.3 is 5.11 Å². The van der Waals surface area contributed by atoms with E-state index in [0.29, 0.717) is 11.4 Å². The molecule has 0 aromatic heterocycles.